The van der Waals surface area contributed by atoms with E-state index in [-0.39, 0.29) is 6.03 Å². The Hall–Kier alpha value is -1.11. The minimum atomic E-state index is 0.124. The first-order chi connectivity index (χ1) is 12.3. The SMILES string of the molecule is O=C(NCCN1CCc2sccc2C1)N1CCN(C2CCCC2)CC1. The van der Waals surface area contributed by atoms with Gasteiger partial charge in [0.05, 0.1) is 0 Å². The summed E-state index contributed by atoms with van der Waals surface area (Å²) in [5.41, 5.74) is 1.48. The Kier molecular flexibility index (Phi) is 5.58. The first-order valence-electron chi connectivity index (χ1n) is 9.84. The molecule has 2 fully saturated rings. The van der Waals surface area contributed by atoms with Crippen LogP contribution < -0.4 is 5.32 Å². The van der Waals surface area contributed by atoms with Gasteiger partial charge in [0.25, 0.3) is 0 Å². The quantitative estimate of drug-likeness (QED) is 0.894. The Morgan fingerprint density at radius 3 is 2.76 bits per heavy atom. The van der Waals surface area contributed by atoms with Crippen molar-refractivity contribution in [2.24, 2.45) is 0 Å². The smallest absolute Gasteiger partial charge is 0.317 e. The maximum Gasteiger partial charge on any atom is 0.317 e. The molecule has 3 aliphatic rings. The zero-order valence-electron chi connectivity index (χ0n) is 15.1. The van der Waals surface area contributed by atoms with Gasteiger partial charge < -0.3 is 10.2 Å². The van der Waals surface area contributed by atoms with Crippen molar-refractivity contribution in [1.29, 1.82) is 0 Å². The molecule has 1 saturated heterocycles. The molecule has 0 unspecified atom stereocenters. The van der Waals surface area contributed by atoms with Crippen LogP contribution in [0.25, 0.3) is 0 Å². The number of nitrogens with one attached hydrogen (secondary N) is 1. The van der Waals surface area contributed by atoms with E-state index in [1.165, 1.54) is 31.2 Å². The number of urea groups is 1. The number of nitrogens with zero attached hydrogens (tertiary/aromatic N) is 3. The molecule has 0 radical (unpaired) electrons. The lowest BCUT2D eigenvalue weighted by atomic mass is 10.1. The summed E-state index contributed by atoms with van der Waals surface area (Å²) in [6, 6.07) is 3.15. The maximum absolute atomic E-state index is 12.4. The second kappa shape index (κ2) is 8.06. The molecule has 0 atom stereocenters. The van der Waals surface area contributed by atoms with Crippen molar-refractivity contribution >= 4 is 17.4 Å². The van der Waals surface area contributed by atoms with Crippen molar-refractivity contribution in [1.82, 2.24) is 20.0 Å². The van der Waals surface area contributed by atoms with Gasteiger partial charge in [-0.1, -0.05) is 12.8 Å². The van der Waals surface area contributed by atoms with Crippen LogP contribution in [0, 0.1) is 0 Å². The number of thiophene rings is 1. The molecule has 1 aromatic rings. The van der Waals surface area contributed by atoms with Crippen LogP contribution in [0.3, 0.4) is 0 Å². The predicted octanol–water partition coefficient (Wildman–Crippen LogP) is 2.38. The number of piperazine rings is 1. The van der Waals surface area contributed by atoms with Gasteiger partial charge in [0.15, 0.2) is 0 Å². The van der Waals surface area contributed by atoms with Crippen molar-refractivity contribution in [2.75, 3.05) is 45.8 Å². The van der Waals surface area contributed by atoms with Gasteiger partial charge in [0, 0.05) is 63.3 Å². The van der Waals surface area contributed by atoms with E-state index in [4.69, 9.17) is 0 Å². The Morgan fingerprint density at radius 1 is 1.16 bits per heavy atom. The topological polar surface area (TPSA) is 38.8 Å². The van der Waals surface area contributed by atoms with E-state index in [2.05, 4.69) is 26.6 Å². The molecule has 3 heterocycles. The van der Waals surface area contributed by atoms with Gasteiger partial charge in [-0.2, -0.15) is 0 Å². The van der Waals surface area contributed by atoms with Gasteiger partial charge in [0.1, 0.15) is 0 Å². The lowest BCUT2D eigenvalue weighted by molar-refractivity contribution is 0.109. The van der Waals surface area contributed by atoms with E-state index < -0.39 is 0 Å². The maximum atomic E-state index is 12.4. The molecular weight excluding hydrogens is 332 g/mol. The van der Waals surface area contributed by atoms with Crippen LogP contribution in [-0.4, -0.2) is 72.6 Å². The summed E-state index contributed by atoms with van der Waals surface area (Å²) in [6.07, 6.45) is 6.63. The van der Waals surface area contributed by atoms with Gasteiger partial charge in [-0.25, -0.2) is 4.79 Å². The van der Waals surface area contributed by atoms with Crippen LogP contribution >= 0.6 is 11.3 Å². The van der Waals surface area contributed by atoms with Crippen LogP contribution in [0.5, 0.6) is 0 Å². The molecule has 0 spiro atoms. The molecule has 1 aliphatic carbocycles. The fraction of sp³-hybridized carbons (Fsp3) is 0.737. The number of carbonyl (C=O) groups excluding carboxylic acids is 1. The predicted molar refractivity (Wildman–Crippen MR) is 102 cm³/mol. The summed E-state index contributed by atoms with van der Waals surface area (Å²) in [4.78, 5) is 21.0. The first-order valence-corrected chi connectivity index (χ1v) is 10.7. The van der Waals surface area contributed by atoms with Gasteiger partial charge in [0.2, 0.25) is 0 Å². The molecule has 6 heteroatoms. The average molecular weight is 363 g/mol. The molecular formula is C19H30N4OS. The molecule has 2 aliphatic heterocycles. The van der Waals surface area contributed by atoms with Crippen molar-refractivity contribution < 1.29 is 4.79 Å². The zero-order valence-corrected chi connectivity index (χ0v) is 15.9. The van der Waals surface area contributed by atoms with Crippen LogP contribution in [0.15, 0.2) is 11.4 Å². The van der Waals surface area contributed by atoms with E-state index in [1.54, 1.807) is 4.88 Å². The average Bonchev–Trinajstić information content (AvgIpc) is 3.33. The standard InChI is InChI=1S/C19H30N4OS/c24-19(23-12-10-22(11-13-23)17-3-1-2-4-17)20-7-9-21-8-5-18-16(15-21)6-14-25-18/h6,14,17H,1-5,7-13,15H2,(H,20,24). The molecule has 0 aromatic carbocycles. The monoisotopic (exact) mass is 362 g/mol. The van der Waals surface area contributed by atoms with Crippen LogP contribution in [0.4, 0.5) is 4.79 Å². The molecule has 25 heavy (non-hydrogen) atoms. The number of amides is 2. The largest absolute Gasteiger partial charge is 0.337 e. The summed E-state index contributed by atoms with van der Waals surface area (Å²) in [5.74, 6) is 0. The normalized spacial score (nSPS) is 23.0. The molecule has 1 aromatic heterocycles. The number of hydrogen-bond acceptors (Lipinski definition) is 4. The van der Waals surface area contributed by atoms with Gasteiger partial charge >= 0.3 is 6.03 Å². The second-order valence-electron chi connectivity index (χ2n) is 7.59. The van der Waals surface area contributed by atoms with Crippen molar-refractivity contribution in [3.63, 3.8) is 0 Å². The van der Waals surface area contributed by atoms with E-state index in [1.807, 2.05) is 16.2 Å². The zero-order chi connectivity index (χ0) is 17.1. The van der Waals surface area contributed by atoms with Gasteiger partial charge in [-0.15, -0.1) is 11.3 Å². The molecule has 4 rings (SSSR count). The summed E-state index contributed by atoms with van der Waals surface area (Å²) < 4.78 is 0. The van der Waals surface area contributed by atoms with Crippen molar-refractivity contribution in [3.8, 4) is 0 Å². The minimum absolute atomic E-state index is 0.124. The Balaban J connectivity index is 1.15. The van der Waals surface area contributed by atoms with Crippen molar-refractivity contribution in [3.05, 3.63) is 21.9 Å². The van der Waals surface area contributed by atoms with E-state index in [9.17, 15) is 4.79 Å². The van der Waals surface area contributed by atoms with Crippen LogP contribution in [0.1, 0.15) is 36.1 Å². The lowest BCUT2D eigenvalue weighted by Gasteiger charge is -2.38. The second-order valence-corrected chi connectivity index (χ2v) is 8.59. The number of fused-ring (bicyclic) bond motifs is 1. The first kappa shape index (κ1) is 17.3. The Bertz CT molecular complexity index is 576. The van der Waals surface area contributed by atoms with E-state index >= 15 is 0 Å². The third-order valence-corrected chi connectivity index (χ3v) is 7.06. The number of rotatable bonds is 4. The molecule has 1 N–H and O–H groups in total. The minimum Gasteiger partial charge on any atom is -0.337 e. The molecule has 0 bridgehead atoms. The molecule has 138 valence electrons. The van der Waals surface area contributed by atoms with Crippen LogP contribution in [0.2, 0.25) is 0 Å². The van der Waals surface area contributed by atoms with Crippen LogP contribution in [-0.2, 0) is 13.0 Å². The third kappa shape index (κ3) is 4.18. The lowest BCUT2D eigenvalue weighted by Crippen LogP contribution is -2.54. The third-order valence-electron chi connectivity index (χ3n) is 6.03. The Labute approximate surface area is 155 Å². The molecule has 1 saturated carbocycles. The molecule has 2 amide bonds. The summed E-state index contributed by atoms with van der Waals surface area (Å²) >= 11 is 1.88. The summed E-state index contributed by atoms with van der Waals surface area (Å²) in [7, 11) is 0. The fourth-order valence-corrected chi connectivity index (χ4v) is 5.38. The summed E-state index contributed by atoms with van der Waals surface area (Å²) in [6.45, 7) is 7.70. The highest BCUT2D eigenvalue weighted by molar-refractivity contribution is 7.10. The van der Waals surface area contributed by atoms with Gasteiger partial charge in [-0.05, 0) is 36.3 Å². The highest BCUT2D eigenvalue weighted by atomic mass is 32.1. The fourth-order valence-electron chi connectivity index (χ4n) is 4.49. The number of carbonyl (C=O) groups is 1. The summed E-state index contributed by atoms with van der Waals surface area (Å²) in [5, 5.41) is 5.33. The molecule has 5 nitrogen and oxygen atoms in total. The highest BCUT2D eigenvalue weighted by Gasteiger charge is 2.27. The van der Waals surface area contributed by atoms with Crippen molar-refractivity contribution in [2.45, 2.75) is 44.7 Å². The number of hydrogen-bond donors (Lipinski definition) is 1. The van der Waals surface area contributed by atoms with E-state index in [0.717, 1.165) is 64.8 Å². The van der Waals surface area contributed by atoms with Gasteiger partial charge in [-0.3, -0.25) is 9.80 Å². The van der Waals surface area contributed by atoms with E-state index in [0.29, 0.717) is 0 Å². The Morgan fingerprint density at radius 2 is 1.96 bits per heavy atom. The highest BCUT2D eigenvalue weighted by Crippen LogP contribution is 2.25.